The quantitative estimate of drug-likeness (QED) is 0.858. The molecule has 2 amide bonds. The Morgan fingerprint density at radius 2 is 2.19 bits per heavy atom. The number of carbonyl (C=O) groups is 1. The molecule has 1 aromatic heterocycles. The summed E-state index contributed by atoms with van der Waals surface area (Å²) in [5.74, 6) is 0. The average Bonchev–Trinajstić information content (AvgIpc) is 3.32. The summed E-state index contributed by atoms with van der Waals surface area (Å²) in [5, 5.41) is 6.89. The first kappa shape index (κ1) is 17.5. The second kappa shape index (κ2) is 7.77. The van der Waals surface area contributed by atoms with E-state index < -0.39 is 0 Å². The molecule has 0 bridgehead atoms. The average molecular weight is 376 g/mol. The highest BCUT2D eigenvalue weighted by atomic mass is 32.1. The monoisotopic (exact) mass is 376 g/mol. The number of carbonyl (C=O) groups excluding carboxylic acids is 1. The summed E-state index contributed by atoms with van der Waals surface area (Å²) in [6, 6.07) is 5.62. The molecule has 1 aromatic carbocycles. The van der Waals surface area contributed by atoms with Crippen LogP contribution in [0, 0.1) is 0 Å². The van der Waals surface area contributed by atoms with E-state index in [9.17, 15) is 4.79 Å². The minimum absolute atomic E-state index is 0.00226. The van der Waals surface area contributed by atoms with Crippen molar-refractivity contribution in [3.05, 3.63) is 18.2 Å². The third-order valence-corrected chi connectivity index (χ3v) is 5.88. The van der Waals surface area contributed by atoms with E-state index in [1.165, 1.54) is 0 Å². The van der Waals surface area contributed by atoms with Crippen molar-refractivity contribution in [1.82, 2.24) is 10.3 Å². The Balaban J connectivity index is 1.40. The van der Waals surface area contributed by atoms with Gasteiger partial charge in [0.15, 0.2) is 5.13 Å². The number of nitrogens with one attached hydrogen (secondary N) is 2. The van der Waals surface area contributed by atoms with Crippen molar-refractivity contribution in [3.8, 4) is 0 Å². The van der Waals surface area contributed by atoms with Crippen molar-refractivity contribution in [3.63, 3.8) is 0 Å². The molecule has 0 saturated carbocycles. The van der Waals surface area contributed by atoms with E-state index in [4.69, 9.17) is 14.5 Å². The van der Waals surface area contributed by atoms with Crippen LogP contribution in [0.5, 0.6) is 0 Å². The Kier molecular flexibility index (Phi) is 5.23. The third-order valence-electron chi connectivity index (χ3n) is 4.80. The van der Waals surface area contributed by atoms with Crippen LogP contribution in [0.4, 0.5) is 15.6 Å². The lowest BCUT2D eigenvalue weighted by Gasteiger charge is -2.25. The van der Waals surface area contributed by atoms with Crippen molar-refractivity contribution in [2.75, 3.05) is 43.1 Å². The molecule has 2 N–H and O–H groups in total. The molecule has 8 heteroatoms. The van der Waals surface area contributed by atoms with Gasteiger partial charge in [0.1, 0.15) is 0 Å². The summed E-state index contributed by atoms with van der Waals surface area (Å²) in [7, 11) is 0. The Hall–Kier alpha value is -1.90. The van der Waals surface area contributed by atoms with Gasteiger partial charge in [-0.05, 0) is 38.0 Å². The van der Waals surface area contributed by atoms with Crippen LogP contribution in [0.25, 0.3) is 10.2 Å². The summed E-state index contributed by atoms with van der Waals surface area (Å²) in [6.07, 6.45) is 2.17. The van der Waals surface area contributed by atoms with E-state index in [0.717, 1.165) is 66.8 Å². The molecule has 2 aliphatic rings. The van der Waals surface area contributed by atoms with Crippen molar-refractivity contribution < 1.29 is 14.3 Å². The molecule has 3 heterocycles. The van der Waals surface area contributed by atoms with E-state index in [1.54, 1.807) is 11.3 Å². The van der Waals surface area contributed by atoms with E-state index >= 15 is 0 Å². The third kappa shape index (κ3) is 3.92. The Bertz CT molecular complexity index is 769. The van der Waals surface area contributed by atoms with Gasteiger partial charge < -0.3 is 25.0 Å². The van der Waals surface area contributed by atoms with Crippen LogP contribution in [-0.4, -0.2) is 56.1 Å². The zero-order valence-electron chi connectivity index (χ0n) is 14.9. The largest absolute Gasteiger partial charge is 0.378 e. The molecular weight excluding hydrogens is 352 g/mol. The molecule has 7 nitrogen and oxygen atoms in total. The fourth-order valence-corrected chi connectivity index (χ4v) is 4.40. The fraction of sp³-hybridized carbons (Fsp3) is 0.556. The Morgan fingerprint density at radius 3 is 2.96 bits per heavy atom. The molecule has 26 heavy (non-hydrogen) atoms. The maximum Gasteiger partial charge on any atom is 0.319 e. The number of fused-ring (bicyclic) bond motifs is 1. The van der Waals surface area contributed by atoms with Gasteiger partial charge in [0.25, 0.3) is 0 Å². The van der Waals surface area contributed by atoms with Crippen LogP contribution in [0.2, 0.25) is 0 Å². The van der Waals surface area contributed by atoms with Gasteiger partial charge in [-0.25, -0.2) is 9.78 Å². The Morgan fingerprint density at radius 1 is 1.35 bits per heavy atom. The lowest BCUT2D eigenvalue weighted by Crippen LogP contribution is -2.42. The number of thiazole rings is 1. The summed E-state index contributed by atoms with van der Waals surface area (Å²) in [4.78, 5) is 19.2. The molecule has 0 aliphatic carbocycles. The molecule has 0 spiro atoms. The first-order valence-electron chi connectivity index (χ1n) is 9.11. The molecule has 2 atom stereocenters. The minimum Gasteiger partial charge on any atom is -0.378 e. The lowest BCUT2D eigenvalue weighted by molar-refractivity contribution is 0.0868. The molecule has 0 radical (unpaired) electrons. The maximum atomic E-state index is 12.3. The molecule has 2 aliphatic heterocycles. The maximum absolute atomic E-state index is 12.3. The van der Waals surface area contributed by atoms with Crippen molar-refractivity contribution in [2.45, 2.75) is 31.9 Å². The van der Waals surface area contributed by atoms with E-state index in [2.05, 4.69) is 15.5 Å². The predicted octanol–water partition coefficient (Wildman–Crippen LogP) is 2.82. The number of nitrogens with zero attached hydrogens (tertiary/aromatic N) is 2. The van der Waals surface area contributed by atoms with E-state index in [0.29, 0.717) is 0 Å². The number of rotatable bonds is 4. The number of urea groups is 1. The predicted molar refractivity (Wildman–Crippen MR) is 103 cm³/mol. The lowest BCUT2D eigenvalue weighted by atomic mass is 10.1. The first-order valence-corrected chi connectivity index (χ1v) is 9.93. The summed E-state index contributed by atoms with van der Waals surface area (Å²) < 4.78 is 12.1. The van der Waals surface area contributed by atoms with Crippen LogP contribution in [-0.2, 0) is 9.47 Å². The van der Waals surface area contributed by atoms with Crippen LogP contribution in [0.1, 0.15) is 19.8 Å². The smallest absolute Gasteiger partial charge is 0.319 e. The van der Waals surface area contributed by atoms with Gasteiger partial charge in [-0.1, -0.05) is 11.3 Å². The number of ether oxygens (including phenoxy) is 2. The van der Waals surface area contributed by atoms with Crippen LogP contribution in [0.15, 0.2) is 18.2 Å². The van der Waals surface area contributed by atoms with Gasteiger partial charge >= 0.3 is 6.03 Å². The summed E-state index contributed by atoms with van der Waals surface area (Å²) >= 11 is 1.65. The molecule has 2 fully saturated rings. The van der Waals surface area contributed by atoms with E-state index in [-0.39, 0.29) is 18.2 Å². The van der Waals surface area contributed by atoms with Gasteiger partial charge in [-0.3, -0.25) is 0 Å². The fourth-order valence-electron chi connectivity index (χ4n) is 3.34. The highest BCUT2D eigenvalue weighted by Gasteiger charge is 2.23. The zero-order valence-corrected chi connectivity index (χ0v) is 15.7. The molecule has 2 saturated heterocycles. The number of aromatic nitrogens is 1. The first-order chi connectivity index (χ1) is 12.7. The van der Waals surface area contributed by atoms with E-state index in [1.807, 2.05) is 25.1 Å². The van der Waals surface area contributed by atoms with Gasteiger partial charge in [-0.15, -0.1) is 0 Å². The number of hydrogen-bond acceptors (Lipinski definition) is 6. The summed E-state index contributed by atoms with van der Waals surface area (Å²) in [6.45, 7) is 5.99. The summed E-state index contributed by atoms with van der Waals surface area (Å²) in [5.41, 5.74) is 1.72. The van der Waals surface area contributed by atoms with Crippen LogP contribution >= 0.6 is 11.3 Å². The molecule has 0 unspecified atom stereocenters. The number of amides is 2. The van der Waals surface area contributed by atoms with Crippen LogP contribution < -0.4 is 15.5 Å². The SMILES string of the molecule is C[C@H](NC(=O)Nc1ccc2nc(N3CCOCC3)sc2c1)[C@H]1CCCO1. The van der Waals surface area contributed by atoms with Crippen LogP contribution in [0.3, 0.4) is 0 Å². The normalized spacial score (nSPS) is 21.7. The number of benzene rings is 1. The second-order valence-corrected chi connectivity index (χ2v) is 7.73. The molecular formula is C18H24N4O3S. The topological polar surface area (TPSA) is 75.7 Å². The van der Waals surface area contributed by atoms with Gasteiger partial charge in [0.2, 0.25) is 0 Å². The van der Waals surface area contributed by atoms with Gasteiger partial charge in [-0.2, -0.15) is 0 Å². The van der Waals surface area contributed by atoms with Crippen molar-refractivity contribution in [1.29, 1.82) is 0 Å². The van der Waals surface area contributed by atoms with Crippen molar-refractivity contribution in [2.24, 2.45) is 0 Å². The highest BCUT2D eigenvalue weighted by molar-refractivity contribution is 7.22. The molecule has 140 valence electrons. The highest BCUT2D eigenvalue weighted by Crippen LogP contribution is 2.31. The number of hydrogen-bond donors (Lipinski definition) is 2. The molecule has 2 aromatic rings. The van der Waals surface area contributed by atoms with Crippen molar-refractivity contribution >= 4 is 38.4 Å². The number of anilines is 2. The Labute approximate surface area is 156 Å². The minimum atomic E-state index is -0.203. The number of morpholine rings is 1. The second-order valence-electron chi connectivity index (χ2n) is 6.72. The van der Waals surface area contributed by atoms with Gasteiger partial charge in [0, 0.05) is 25.4 Å². The molecule has 4 rings (SSSR count). The zero-order chi connectivity index (χ0) is 17.9. The standard InChI is InChI=1S/C18H24N4O3S/c1-12(15-3-2-8-25-15)19-17(23)20-13-4-5-14-16(11-13)26-18(21-14)22-6-9-24-10-7-22/h4-5,11-12,15H,2-3,6-10H2,1H3,(H2,19,20,23)/t12-,15+/m0/s1. The van der Waals surface area contributed by atoms with Gasteiger partial charge in [0.05, 0.1) is 35.6 Å².